The van der Waals surface area contributed by atoms with Crippen molar-refractivity contribution < 1.29 is 17.9 Å². The minimum Gasteiger partial charge on any atom is -0.373 e. The maximum atomic E-state index is 13.1. The average molecular weight is 502 g/mol. The number of aromatic nitrogens is 1. The van der Waals surface area contributed by atoms with Crippen LogP contribution in [0.25, 0.3) is 10.2 Å². The van der Waals surface area contributed by atoms with E-state index >= 15 is 0 Å². The smallest absolute Gasteiger partial charge is 0.279 e. The minimum absolute atomic E-state index is 0.165. The second-order valence-corrected chi connectivity index (χ2v) is 11.9. The third-order valence-electron chi connectivity index (χ3n) is 5.88. The van der Waals surface area contributed by atoms with Gasteiger partial charge in [-0.15, -0.1) is 0 Å². The first-order valence-corrected chi connectivity index (χ1v) is 13.8. The number of fused-ring (bicyclic) bond motifs is 1. The zero-order valence-corrected chi connectivity index (χ0v) is 21.9. The number of ether oxygens (including phenoxy) is 1. The number of nitrogens with zero attached hydrogens (tertiary/aromatic N) is 3. The van der Waals surface area contributed by atoms with Gasteiger partial charge in [-0.05, 0) is 75.6 Å². The van der Waals surface area contributed by atoms with E-state index in [0.717, 1.165) is 23.2 Å². The number of morpholine rings is 1. The summed E-state index contributed by atoms with van der Waals surface area (Å²) in [5.41, 5.74) is 3.79. The molecule has 0 bridgehead atoms. The quantitative estimate of drug-likeness (QED) is 0.523. The van der Waals surface area contributed by atoms with Gasteiger partial charge in [0.25, 0.3) is 5.91 Å². The van der Waals surface area contributed by atoms with Crippen LogP contribution in [0.4, 0.5) is 0 Å². The van der Waals surface area contributed by atoms with Crippen molar-refractivity contribution in [2.45, 2.75) is 64.7 Å². The van der Waals surface area contributed by atoms with Crippen LogP contribution in [0.5, 0.6) is 0 Å². The van der Waals surface area contributed by atoms with Crippen molar-refractivity contribution in [2.75, 3.05) is 13.1 Å². The van der Waals surface area contributed by atoms with Gasteiger partial charge >= 0.3 is 0 Å². The second kappa shape index (κ2) is 9.73. The lowest BCUT2D eigenvalue weighted by Gasteiger charge is -2.34. The number of thiazole rings is 1. The Labute approximate surface area is 204 Å². The molecule has 1 saturated heterocycles. The summed E-state index contributed by atoms with van der Waals surface area (Å²) in [4.78, 5) is 18.2. The van der Waals surface area contributed by atoms with Gasteiger partial charge in [0.1, 0.15) is 0 Å². The van der Waals surface area contributed by atoms with Gasteiger partial charge in [0.05, 0.1) is 27.3 Å². The molecule has 7 nitrogen and oxygen atoms in total. The molecular formula is C25H31N3O4S2. The van der Waals surface area contributed by atoms with E-state index in [2.05, 4.69) is 42.5 Å². The van der Waals surface area contributed by atoms with E-state index in [-0.39, 0.29) is 23.0 Å². The number of rotatable bonds is 5. The fourth-order valence-corrected chi connectivity index (χ4v) is 7.13. The summed E-state index contributed by atoms with van der Waals surface area (Å²) in [5, 5.41) is 0. The van der Waals surface area contributed by atoms with Crippen molar-refractivity contribution in [1.82, 2.24) is 8.87 Å². The highest BCUT2D eigenvalue weighted by molar-refractivity contribution is 7.89. The summed E-state index contributed by atoms with van der Waals surface area (Å²) in [6, 6.07) is 10.3. The molecule has 182 valence electrons. The summed E-state index contributed by atoms with van der Waals surface area (Å²) in [7, 11) is -3.66. The van der Waals surface area contributed by atoms with Gasteiger partial charge in [-0.3, -0.25) is 4.79 Å². The molecule has 1 aliphatic heterocycles. The topological polar surface area (TPSA) is 81.0 Å². The van der Waals surface area contributed by atoms with E-state index in [0.29, 0.717) is 23.5 Å². The molecule has 1 aliphatic rings. The standard InChI is InChI=1S/C25H31N3O4S2/c1-6-11-28-22-13-16(2)12-17(3)23(22)33-25(28)26-24(29)20-7-9-21(10-8-20)34(30,31)27-14-18(4)32-19(5)15-27/h7-10,12-13,18-19H,6,11,14-15H2,1-5H3. The summed E-state index contributed by atoms with van der Waals surface area (Å²) in [6.07, 6.45) is 0.592. The maximum Gasteiger partial charge on any atom is 0.279 e. The van der Waals surface area contributed by atoms with Crippen LogP contribution in [0.1, 0.15) is 48.7 Å². The molecule has 2 heterocycles. The molecule has 2 unspecified atom stereocenters. The summed E-state index contributed by atoms with van der Waals surface area (Å²) in [5.74, 6) is -0.386. The summed E-state index contributed by atoms with van der Waals surface area (Å²) >= 11 is 1.51. The summed E-state index contributed by atoms with van der Waals surface area (Å²) < 4.78 is 36.5. The Morgan fingerprint density at radius 1 is 1.12 bits per heavy atom. The van der Waals surface area contributed by atoms with Gasteiger partial charge in [0.2, 0.25) is 10.0 Å². The molecule has 0 radical (unpaired) electrons. The van der Waals surface area contributed by atoms with Gasteiger partial charge in [-0.25, -0.2) is 8.42 Å². The number of carbonyl (C=O) groups is 1. The Morgan fingerprint density at radius 3 is 2.38 bits per heavy atom. The van der Waals surface area contributed by atoms with E-state index < -0.39 is 10.0 Å². The number of hydrogen-bond acceptors (Lipinski definition) is 5. The van der Waals surface area contributed by atoms with E-state index in [4.69, 9.17) is 4.74 Å². The lowest BCUT2D eigenvalue weighted by Crippen LogP contribution is -2.48. The normalized spacial score (nSPS) is 20.2. The SMILES string of the molecule is CCCn1c(=NC(=O)c2ccc(S(=O)(=O)N3CC(C)OC(C)C3)cc2)sc2c(C)cc(C)cc21. The molecule has 2 atom stereocenters. The second-order valence-electron chi connectivity index (χ2n) is 8.99. The van der Waals surface area contributed by atoms with E-state index in [9.17, 15) is 13.2 Å². The number of benzene rings is 2. The number of hydrogen-bond donors (Lipinski definition) is 0. The highest BCUT2D eigenvalue weighted by atomic mass is 32.2. The van der Waals surface area contributed by atoms with Crippen molar-refractivity contribution >= 4 is 37.5 Å². The largest absolute Gasteiger partial charge is 0.373 e. The number of aryl methyl sites for hydroxylation is 3. The van der Waals surface area contributed by atoms with Crippen LogP contribution in [0.3, 0.4) is 0 Å². The fourth-order valence-electron chi connectivity index (χ4n) is 4.43. The number of carbonyl (C=O) groups excluding carboxylic acids is 1. The lowest BCUT2D eigenvalue weighted by molar-refractivity contribution is -0.0440. The first-order valence-electron chi connectivity index (χ1n) is 11.6. The van der Waals surface area contributed by atoms with E-state index in [1.807, 2.05) is 13.8 Å². The van der Waals surface area contributed by atoms with Gasteiger partial charge in [0, 0.05) is 25.2 Å². The van der Waals surface area contributed by atoms with Crippen molar-refractivity contribution in [1.29, 1.82) is 0 Å². The molecule has 2 aromatic carbocycles. The highest BCUT2D eigenvalue weighted by Crippen LogP contribution is 2.24. The molecule has 1 amide bonds. The number of amides is 1. The van der Waals surface area contributed by atoms with Crippen molar-refractivity contribution in [3.63, 3.8) is 0 Å². The van der Waals surface area contributed by atoms with Crippen LogP contribution in [0.2, 0.25) is 0 Å². The van der Waals surface area contributed by atoms with Gasteiger partial charge < -0.3 is 9.30 Å². The fraction of sp³-hybridized carbons (Fsp3) is 0.440. The molecular weight excluding hydrogens is 470 g/mol. The molecule has 34 heavy (non-hydrogen) atoms. The molecule has 0 N–H and O–H groups in total. The minimum atomic E-state index is -3.66. The van der Waals surface area contributed by atoms with Crippen LogP contribution in [-0.4, -0.2) is 48.5 Å². The Kier molecular flexibility index (Phi) is 7.09. The highest BCUT2D eigenvalue weighted by Gasteiger charge is 2.32. The van der Waals surface area contributed by atoms with Crippen LogP contribution >= 0.6 is 11.3 Å². The predicted octanol–water partition coefficient (Wildman–Crippen LogP) is 4.27. The molecule has 4 rings (SSSR count). The van der Waals surface area contributed by atoms with Crippen LogP contribution < -0.4 is 4.80 Å². The van der Waals surface area contributed by atoms with E-state index in [1.165, 1.54) is 38.9 Å². The third-order valence-corrected chi connectivity index (χ3v) is 8.96. The zero-order valence-electron chi connectivity index (χ0n) is 20.2. The van der Waals surface area contributed by atoms with Crippen LogP contribution in [0.15, 0.2) is 46.3 Å². The van der Waals surface area contributed by atoms with Crippen molar-refractivity contribution in [2.24, 2.45) is 4.99 Å². The Hall–Kier alpha value is -2.33. The molecule has 9 heteroatoms. The molecule has 0 saturated carbocycles. The lowest BCUT2D eigenvalue weighted by atomic mass is 10.1. The monoisotopic (exact) mass is 501 g/mol. The molecule has 1 fully saturated rings. The zero-order chi connectivity index (χ0) is 24.6. The first-order chi connectivity index (χ1) is 16.1. The Morgan fingerprint density at radius 2 is 1.76 bits per heavy atom. The Bertz CT molecular complexity index is 1380. The first kappa shape index (κ1) is 24.8. The van der Waals surface area contributed by atoms with Gasteiger partial charge in [0.15, 0.2) is 4.80 Å². The molecule has 3 aromatic rings. The summed E-state index contributed by atoms with van der Waals surface area (Å²) in [6.45, 7) is 11.4. The van der Waals surface area contributed by atoms with Gasteiger partial charge in [-0.2, -0.15) is 9.30 Å². The molecule has 0 spiro atoms. The maximum absolute atomic E-state index is 13.1. The van der Waals surface area contributed by atoms with E-state index in [1.54, 1.807) is 12.1 Å². The third kappa shape index (κ3) is 4.88. The average Bonchev–Trinajstić information content (AvgIpc) is 3.11. The van der Waals surface area contributed by atoms with Crippen molar-refractivity contribution in [3.05, 3.63) is 57.9 Å². The molecule has 1 aromatic heterocycles. The van der Waals surface area contributed by atoms with Crippen LogP contribution in [0, 0.1) is 13.8 Å². The molecule has 0 aliphatic carbocycles. The Balaban J connectivity index is 1.65. The van der Waals surface area contributed by atoms with Crippen molar-refractivity contribution in [3.8, 4) is 0 Å². The predicted molar refractivity (Wildman–Crippen MR) is 135 cm³/mol. The number of sulfonamides is 1. The van der Waals surface area contributed by atoms with Gasteiger partial charge in [-0.1, -0.05) is 24.3 Å². The van der Waals surface area contributed by atoms with Crippen LogP contribution in [-0.2, 0) is 21.3 Å².